The molecule has 0 saturated heterocycles. The zero-order chi connectivity index (χ0) is 89.6. The Morgan fingerprint density at radius 2 is 0.242 bits per heavy atom. The van der Waals surface area contributed by atoms with E-state index >= 15 is 0 Å². The zero-order valence-electron chi connectivity index (χ0n) is 74.5. The highest BCUT2D eigenvalue weighted by atomic mass is 15.2. The van der Waals surface area contributed by atoms with Crippen LogP contribution in [0.5, 0.6) is 0 Å². The van der Waals surface area contributed by atoms with Crippen LogP contribution in [-0.4, -0.2) is 0 Å². The molecule has 0 bridgehead atoms. The van der Waals surface area contributed by atoms with E-state index in [9.17, 15) is 0 Å². The van der Waals surface area contributed by atoms with Crippen LogP contribution in [0.3, 0.4) is 0 Å². The summed E-state index contributed by atoms with van der Waals surface area (Å²) in [4.78, 5) is 13.9. The van der Waals surface area contributed by atoms with E-state index in [0.717, 1.165) is 136 Å². The van der Waals surface area contributed by atoms with Crippen LogP contribution >= 0.6 is 0 Å². The van der Waals surface area contributed by atoms with Gasteiger partial charge in [-0.15, -0.1) is 0 Å². The van der Waals surface area contributed by atoms with Crippen molar-refractivity contribution >= 4 is 125 Å². The van der Waals surface area contributed by atoms with Gasteiger partial charge in [-0.3, -0.25) is 0 Å². The molecule has 0 saturated carbocycles. The van der Waals surface area contributed by atoms with E-state index < -0.39 is 0 Å². The summed E-state index contributed by atoms with van der Waals surface area (Å²) in [5.41, 5.74) is 36.4. The molecular formula is C124H102N8. The third-order valence-electron chi connectivity index (χ3n) is 23.3. The molecule has 20 aromatic carbocycles. The Morgan fingerprint density at radius 1 is 0.114 bits per heavy atom. The third kappa shape index (κ3) is 21.1. The van der Waals surface area contributed by atoms with Gasteiger partial charge in [0, 0.05) is 125 Å². The molecule has 0 unspecified atom stereocenters. The smallest absolute Gasteiger partial charge is 0.0464 e. The van der Waals surface area contributed by atoms with E-state index in [0.29, 0.717) is 0 Å². The highest BCUT2D eigenvalue weighted by Crippen LogP contribution is 2.45. The summed E-state index contributed by atoms with van der Waals surface area (Å²) in [6, 6.07) is 189. The van der Waals surface area contributed by atoms with Crippen LogP contribution in [0.25, 0.3) is 33.4 Å². The Kier molecular flexibility index (Phi) is 26.9. The first-order valence-corrected chi connectivity index (χ1v) is 44.9. The summed E-state index contributed by atoms with van der Waals surface area (Å²) in [6.45, 7) is 8.58. The molecule has 0 fully saturated rings. The molecule has 0 aliphatic carbocycles. The van der Waals surface area contributed by atoms with Crippen LogP contribution in [-0.2, 0) is 0 Å². The number of aryl methyl sites for hydroxylation is 4. The van der Waals surface area contributed by atoms with Crippen LogP contribution in [0.4, 0.5) is 125 Å². The minimum Gasteiger partial charge on any atom is -0.356 e. The Hall–Kier alpha value is -17.2. The van der Waals surface area contributed by atoms with E-state index in [2.05, 4.69) is 541 Å². The maximum Gasteiger partial charge on any atom is 0.0464 e. The van der Waals surface area contributed by atoms with E-state index in [1.54, 1.807) is 0 Å². The van der Waals surface area contributed by atoms with Gasteiger partial charge in [-0.25, -0.2) is 0 Å². The Balaban J connectivity index is 0.000000151. The second-order valence-electron chi connectivity index (χ2n) is 32.7. The molecule has 8 nitrogen and oxygen atoms in total. The summed E-state index contributed by atoms with van der Waals surface area (Å²) >= 11 is 0. The molecular weight excluding hydrogens is 1600 g/mol. The summed E-state index contributed by atoms with van der Waals surface area (Å²) in [7, 11) is 0. The molecule has 0 aromatic heterocycles. The molecule has 132 heavy (non-hydrogen) atoms. The van der Waals surface area contributed by atoms with E-state index in [1.807, 2.05) is 60.7 Å². The minimum absolute atomic E-state index is 1.08. The Labute approximate surface area is 777 Å². The lowest BCUT2D eigenvalue weighted by atomic mass is 10.0. The van der Waals surface area contributed by atoms with Crippen LogP contribution in [0.1, 0.15) is 22.3 Å². The zero-order valence-corrected chi connectivity index (χ0v) is 74.5. The number of benzene rings is 20. The van der Waals surface area contributed by atoms with Crippen molar-refractivity contribution < 1.29 is 0 Å². The van der Waals surface area contributed by atoms with Crippen LogP contribution < -0.4 is 40.0 Å². The molecule has 20 rings (SSSR count). The van der Waals surface area contributed by atoms with Crippen molar-refractivity contribution in [2.45, 2.75) is 27.7 Å². The quantitative estimate of drug-likeness (QED) is 0.0587. The first-order valence-electron chi connectivity index (χ1n) is 44.9. The average molecular weight is 1700 g/mol. The van der Waals surface area contributed by atoms with Gasteiger partial charge >= 0.3 is 0 Å². The maximum atomic E-state index is 3.44. The molecule has 20 aromatic rings. The van der Waals surface area contributed by atoms with Crippen molar-refractivity contribution in [2.75, 3.05) is 40.0 Å². The maximum absolute atomic E-state index is 3.44. The lowest BCUT2D eigenvalue weighted by Crippen LogP contribution is -2.12. The Morgan fingerprint density at radius 3 is 0.417 bits per heavy atom. The molecule has 0 aliphatic rings. The molecule has 2 N–H and O–H groups in total. The van der Waals surface area contributed by atoms with E-state index in [1.165, 1.54) is 44.5 Å². The van der Waals surface area contributed by atoms with Crippen molar-refractivity contribution in [2.24, 2.45) is 0 Å². The molecule has 0 amide bonds. The number of hydrogen-bond donors (Lipinski definition) is 2. The van der Waals surface area contributed by atoms with Crippen molar-refractivity contribution in [1.82, 2.24) is 0 Å². The van der Waals surface area contributed by atoms with Crippen LogP contribution in [0.15, 0.2) is 534 Å². The standard InChI is InChI=1S/C64H54N4.2C30H24N2/c1-47-15-11-23-61(43-47)67(62-24-12-16-48(2)44-62)59-39-35-57(36-40-59)65(53-19-7-5-8-20-53)55-31-27-51(28-32-55)52-29-33-56(34-30-52)66(54-21-9-6-10-22-54)58-37-41-60(42-38-58)68(63-25-13-17-49(3)45-63)64-26-14-18-50(4)46-64;2*1-4-10-26(11-5-1)31-27-20-16-24(17-21-27)25-18-22-30(23-19-25)32(28-12-6-2-7-13-28)29-14-8-3-9-15-29/h5-46H,1-4H3;2*1-23,31H. The van der Waals surface area contributed by atoms with Gasteiger partial charge in [-0.05, 0) is 350 Å². The molecule has 638 valence electrons. The van der Waals surface area contributed by atoms with Gasteiger partial charge in [0.05, 0.1) is 0 Å². The van der Waals surface area contributed by atoms with Gasteiger partial charge in [0.25, 0.3) is 0 Å². The second-order valence-corrected chi connectivity index (χ2v) is 32.7. The second kappa shape index (κ2) is 41.5. The highest BCUT2D eigenvalue weighted by molar-refractivity contribution is 5.87. The number of nitrogens with one attached hydrogen (secondary N) is 2. The normalized spacial score (nSPS) is 10.7. The fourth-order valence-electron chi connectivity index (χ4n) is 16.8. The van der Waals surface area contributed by atoms with E-state index in [4.69, 9.17) is 0 Å². The largest absolute Gasteiger partial charge is 0.356 e. The van der Waals surface area contributed by atoms with Crippen LogP contribution in [0, 0.1) is 27.7 Å². The predicted molar refractivity (Wildman–Crippen MR) is 562 cm³/mol. The van der Waals surface area contributed by atoms with Gasteiger partial charge in [0.15, 0.2) is 0 Å². The lowest BCUT2D eigenvalue weighted by molar-refractivity contribution is 1.24. The SMILES string of the molecule is Cc1cccc(N(c2ccc(N(c3ccccc3)c3ccc(-c4ccc(N(c5ccccc5)c5ccc(N(c6cccc(C)c6)c6cccc(C)c6)cc5)cc4)cc3)cc2)c2cccc(C)c2)c1.c1ccc(Nc2ccc(-c3ccc(N(c4ccccc4)c4ccccc4)cc3)cc2)cc1.c1ccc(Nc2ccc(-c3ccc(N(c4ccccc4)c4ccccc4)cc3)cc2)cc1. The average Bonchev–Trinajstić information content (AvgIpc) is 0.770. The van der Waals surface area contributed by atoms with Crippen molar-refractivity contribution in [1.29, 1.82) is 0 Å². The van der Waals surface area contributed by atoms with Crippen molar-refractivity contribution in [3.63, 3.8) is 0 Å². The molecule has 0 aliphatic heterocycles. The number of nitrogens with zero attached hydrogens (tertiary/aromatic N) is 6. The van der Waals surface area contributed by atoms with Gasteiger partial charge in [-0.2, -0.15) is 0 Å². The first-order chi connectivity index (χ1) is 65.1. The molecule has 8 heteroatoms. The van der Waals surface area contributed by atoms with Crippen molar-refractivity contribution in [3.05, 3.63) is 556 Å². The molecule has 0 spiro atoms. The molecule has 0 radical (unpaired) electrons. The number of para-hydroxylation sites is 8. The van der Waals surface area contributed by atoms with E-state index in [-0.39, 0.29) is 0 Å². The lowest BCUT2D eigenvalue weighted by Gasteiger charge is -2.29. The highest BCUT2D eigenvalue weighted by Gasteiger charge is 2.22. The number of anilines is 22. The molecule has 0 heterocycles. The van der Waals surface area contributed by atoms with Gasteiger partial charge in [-0.1, -0.05) is 267 Å². The summed E-state index contributed by atoms with van der Waals surface area (Å²) in [6.07, 6.45) is 0. The topological polar surface area (TPSA) is 43.5 Å². The fourth-order valence-corrected chi connectivity index (χ4v) is 16.8. The fraction of sp³-hybridized carbons (Fsp3) is 0.0323. The summed E-state index contributed by atoms with van der Waals surface area (Å²) < 4.78 is 0. The predicted octanol–water partition coefficient (Wildman–Crippen LogP) is 35.6. The molecule has 0 atom stereocenters. The Bertz CT molecular complexity index is 6430. The van der Waals surface area contributed by atoms with Crippen molar-refractivity contribution in [3.8, 4) is 33.4 Å². The van der Waals surface area contributed by atoms with Gasteiger partial charge in [0.2, 0.25) is 0 Å². The summed E-state index contributed by atoms with van der Waals surface area (Å²) in [5.74, 6) is 0. The summed E-state index contributed by atoms with van der Waals surface area (Å²) in [5, 5.41) is 6.87. The first kappa shape index (κ1) is 85.6. The third-order valence-corrected chi connectivity index (χ3v) is 23.3. The van der Waals surface area contributed by atoms with Crippen LogP contribution in [0.2, 0.25) is 0 Å². The monoisotopic (exact) mass is 1700 g/mol. The van der Waals surface area contributed by atoms with Gasteiger partial charge < -0.3 is 40.0 Å². The number of rotatable bonds is 25. The van der Waals surface area contributed by atoms with Gasteiger partial charge in [0.1, 0.15) is 0 Å². The minimum atomic E-state index is 1.08. The number of hydrogen-bond acceptors (Lipinski definition) is 8.